The number of esters is 1. The van der Waals surface area contributed by atoms with Crippen molar-refractivity contribution in [1.29, 1.82) is 0 Å². The molecule has 1 amide bonds. The Hall–Kier alpha value is -3.82. The molecule has 29 heavy (non-hydrogen) atoms. The molecule has 0 bridgehead atoms. The molecular formula is C19H17N3O7. The van der Waals surface area contributed by atoms with Gasteiger partial charge in [0.25, 0.3) is 17.3 Å². The number of fused-ring (bicyclic) bond motifs is 1. The van der Waals surface area contributed by atoms with Gasteiger partial charge in [0.15, 0.2) is 6.61 Å². The molecule has 0 spiro atoms. The minimum atomic E-state index is -0.833. The Labute approximate surface area is 165 Å². The zero-order chi connectivity index (χ0) is 21.0. The summed E-state index contributed by atoms with van der Waals surface area (Å²) in [5.41, 5.74) is 0.798. The Morgan fingerprint density at radius 3 is 2.55 bits per heavy atom. The molecule has 0 saturated carbocycles. The first-order valence-electron chi connectivity index (χ1n) is 8.82. The van der Waals surface area contributed by atoms with E-state index in [1.165, 1.54) is 0 Å². The molecule has 3 rings (SSSR count). The van der Waals surface area contributed by atoms with Crippen molar-refractivity contribution in [2.45, 2.75) is 19.3 Å². The number of hydrogen-bond donors (Lipinski definition) is 0. The number of aryl methyl sites for hydroxylation is 1. The van der Waals surface area contributed by atoms with E-state index in [-0.39, 0.29) is 11.5 Å². The van der Waals surface area contributed by atoms with Crippen LogP contribution in [0.4, 0.5) is 17.1 Å². The molecular weight excluding hydrogens is 382 g/mol. The minimum Gasteiger partial charge on any atom is -0.455 e. The highest BCUT2D eigenvalue weighted by Gasteiger charge is 2.25. The van der Waals surface area contributed by atoms with Crippen molar-refractivity contribution in [2.75, 3.05) is 18.1 Å². The maximum Gasteiger partial charge on any atom is 0.311 e. The molecule has 2 aromatic rings. The lowest BCUT2D eigenvalue weighted by atomic mass is 10.0. The number of benzene rings is 2. The number of carbonyl (C=O) groups excluding carboxylic acids is 2. The van der Waals surface area contributed by atoms with Gasteiger partial charge in [-0.15, -0.1) is 0 Å². The molecule has 1 aliphatic rings. The zero-order valence-electron chi connectivity index (χ0n) is 15.3. The van der Waals surface area contributed by atoms with Crippen LogP contribution in [0.15, 0.2) is 42.5 Å². The van der Waals surface area contributed by atoms with Crippen LogP contribution in [-0.4, -0.2) is 34.9 Å². The highest BCUT2D eigenvalue weighted by molar-refractivity contribution is 5.96. The average molecular weight is 399 g/mol. The van der Waals surface area contributed by atoms with Gasteiger partial charge in [0, 0.05) is 23.9 Å². The normalized spacial score (nSPS) is 12.8. The van der Waals surface area contributed by atoms with E-state index in [2.05, 4.69) is 0 Å². The number of nitro benzene ring substituents is 2. The number of nitrogens with zero attached hydrogens (tertiary/aromatic N) is 3. The molecule has 1 aliphatic heterocycles. The van der Waals surface area contributed by atoms with Gasteiger partial charge in [0.05, 0.1) is 22.3 Å². The summed E-state index contributed by atoms with van der Waals surface area (Å²) in [7, 11) is 0. The summed E-state index contributed by atoms with van der Waals surface area (Å²) in [5.74, 6) is -1.22. The Kier molecular flexibility index (Phi) is 5.82. The van der Waals surface area contributed by atoms with Gasteiger partial charge in [-0.3, -0.25) is 29.8 Å². The molecule has 0 aromatic heterocycles. The van der Waals surface area contributed by atoms with Gasteiger partial charge < -0.3 is 9.64 Å². The van der Waals surface area contributed by atoms with E-state index in [4.69, 9.17) is 4.74 Å². The van der Waals surface area contributed by atoms with Crippen molar-refractivity contribution < 1.29 is 24.2 Å². The summed E-state index contributed by atoms with van der Waals surface area (Å²) >= 11 is 0. The first-order valence-corrected chi connectivity index (χ1v) is 8.82. The lowest BCUT2D eigenvalue weighted by Gasteiger charge is -2.29. The molecule has 150 valence electrons. The van der Waals surface area contributed by atoms with E-state index in [0.717, 1.165) is 42.3 Å². The Balaban J connectivity index is 1.64. The van der Waals surface area contributed by atoms with Gasteiger partial charge in [-0.05, 0) is 30.5 Å². The summed E-state index contributed by atoms with van der Waals surface area (Å²) in [6.45, 7) is 0.0230. The Bertz CT molecular complexity index is 990. The van der Waals surface area contributed by atoms with Gasteiger partial charge in [-0.25, -0.2) is 0 Å². The standard InChI is InChI=1S/C19H17N3O7/c23-18(20-9-3-5-13-4-1-2-6-16(13)20)12-29-19(24)10-14-7-8-15(21(25)26)11-17(14)22(27)28/h1-2,4,6-8,11H,3,5,9-10,12H2. The molecule has 1 heterocycles. The summed E-state index contributed by atoms with van der Waals surface area (Å²) in [5, 5.41) is 21.9. The molecule has 0 atom stereocenters. The van der Waals surface area contributed by atoms with Gasteiger partial charge in [-0.1, -0.05) is 18.2 Å². The van der Waals surface area contributed by atoms with E-state index in [1.807, 2.05) is 24.3 Å². The van der Waals surface area contributed by atoms with Crippen LogP contribution >= 0.6 is 0 Å². The third-order valence-electron chi connectivity index (χ3n) is 4.58. The van der Waals surface area contributed by atoms with Gasteiger partial charge >= 0.3 is 5.97 Å². The smallest absolute Gasteiger partial charge is 0.311 e. The van der Waals surface area contributed by atoms with Crippen LogP contribution in [0, 0.1) is 20.2 Å². The SMILES string of the molecule is O=C(Cc1ccc([N+](=O)[O-])cc1[N+](=O)[O-])OCC(=O)N1CCCc2ccccc21. The number of para-hydroxylation sites is 1. The van der Waals surface area contributed by atoms with Crippen LogP contribution in [-0.2, 0) is 27.2 Å². The molecule has 0 saturated heterocycles. The average Bonchev–Trinajstić information content (AvgIpc) is 2.71. The molecule has 0 aliphatic carbocycles. The molecule has 0 radical (unpaired) electrons. The van der Waals surface area contributed by atoms with Gasteiger partial charge in [0.2, 0.25) is 0 Å². The van der Waals surface area contributed by atoms with Crippen molar-refractivity contribution in [3.05, 3.63) is 73.8 Å². The number of nitro groups is 2. The summed E-state index contributed by atoms with van der Waals surface area (Å²) in [4.78, 5) is 46.5. The molecule has 0 unspecified atom stereocenters. The highest BCUT2D eigenvalue weighted by atomic mass is 16.6. The number of rotatable bonds is 6. The monoisotopic (exact) mass is 399 g/mol. The van der Waals surface area contributed by atoms with Crippen LogP contribution in [0.5, 0.6) is 0 Å². The fourth-order valence-corrected chi connectivity index (χ4v) is 3.20. The maximum absolute atomic E-state index is 12.5. The molecule has 0 N–H and O–H groups in total. The van der Waals surface area contributed by atoms with Crippen LogP contribution in [0.1, 0.15) is 17.5 Å². The van der Waals surface area contributed by atoms with Crippen LogP contribution in [0.2, 0.25) is 0 Å². The van der Waals surface area contributed by atoms with Gasteiger partial charge in [0.1, 0.15) is 0 Å². The number of carbonyl (C=O) groups is 2. The molecule has 10 nitrogen and oxygen atoms in total. The van der Waals surface area contributed by atoms with E-state index in [0.29, 0.717) is 6.54 Å². The second kappa shape index (κ2) is 8.46. The summed E-state index contributed by atoms with van der Waals surface area (Å²) in [6, 6.07) is 10.5. The van der Waals surface area contributed by atoms with E-state index < -0.39 is 40.2 Å². The first-order chi connectivity index (χ1) is 13.9. The maximum atomic E-state index is 12.5. The van der Waals surface area contributed by atoms with Crippen molar-refractivity contribution in [1.82, 2.24) is 0 Å². The van der Waals surface area contributed by atoms with Crippen molar-refractivity contribution in [2.24, 2.45) is 0 Å². The Morgan fingerprint density at radius 2 is 1.83 bits per heavy atom. The van der Waals surface area contributed by atoms with Crippen molar-refractivity contribution in [3.8, 4) is 0 Å². The first kappa shape index (κ1) is 19.9. The zero-order valence-corrected chi connectivity index (χ0v) is 15.3. The lowest BCUT2D eigenvalue weighted by molar-refractivity contribution is -0.394. The predicted octanol–water partition coefficient (Wildman–Crippen LogP) is 2.57. The fraction of sp³-hybridized carbons (Fsp3) is 0.263. The number of hydrogen-bond acceptors (Lipinski definition) is 7. The largest absolute Gasteiger partial charge is 0.455 e. The fourth-order valence-electron chi connectivity index (χ4n) is 3.20. The number of ether oxygens (including phenoxy) is 1. The Morgan fingerprint density at radius 1 is 1.07 bits per heavy atom. The van der Waals surface area contributed by atoms with Crippen LogP contribution in [0.25, 0.3) is 0 Å². The third-order valence-corrected chi connectivity index (χ3v) is 4.58. The third kappa shape index (κ3) is 4.54. The van der Waals surface area contributed by atoms with Gasteiger partial charge in [-0.2, -0.15) is 0 Å². The second-order valence-electron chi connectivity index (χ2n) is 6.44. The minimum absolute atomic E-state index is 0.0265. The summed E-state index contributed by atoms with van der Waals surface area (Å²) < 4.78 is 5.00. The summed E-state index contributed by atoms with van der Waals surface area (Å²) in [6.07, 6.45) is 1.19. The topological polar surface area (TPSA) is 133 Å². The molecule has 10 heteroatoms. The molecule has 2 aromatic carbocycles. The number of anilines is 1. The highest BCUT2D eigenvalue weighted by Crippen LogP contribution is 2.27. The van der Waals surface area contributed by atoms with Crippen molar-refractivity contribution >= 4 is 28.9 Å². The van der Waals surface area contributed by atoms with E-state index >= 15 is 0 Å². The van der Waals surface area contributed by atoms with E-state index in [9.17, 15) is 29.8 Å². The lowest BCUT2D eigenvalue weighted by Crippen LogP contribution is -2.38. The number of amides is 1. The van der Waals surface area contributed by atoms with E-state index in [1.54, 1.807) is 4.90 Å². The molecule has 0 fully saturated rings. The van der Waals surface area contributed by atoms with Crippen molar-refractivity contribution in [3.63, 3.8) is 0 Å². The predicted molar refractivity (Wildman–Crippen MR) is 102 cm³/mol. The van der Waals surface area contributed by atoms with Crippen LogP contribution < -0.4 is 4.90 Å². The van der Waals surface area contributed by atoms with Crippen LogP contribution in [0.3, 0.4) is 0 Å². The number of non-ortho nitro benzene ring substituents is 1. The second-order valence-corrected chi connectivity index (χ2v) is 6.44. The quantitative estimate of drug-likeness (QED) is 0.414.